The van der Waals surface area contributed by atoms with E-state index < -0.39 is 0 Å². The quantitative estimate of drug-likeness (QED) is 0.455. The van der Waals surface area contributed by atoms with E-state index in [9.17, 15) is 0 Å². The summed E-state index contributed by atoms with van der Waals surface area (Å²) < 4.78 is 0. The van der Waals surface area contributed by atoms with E-state index in [0.717, 1.165) is 19.5 Å². The lowest BCUT2D eigenvalue weighted by molar-refractivity contribution is 0.543. The Hall–Kier alpha value is -1.43. The Bertz CT molecular complexity index is 390. The second-order valence-corrected chi connectivity index (χ2v) is 6.15. The van der Waals surface area contributed by atoms with Crippen LogP contribution in [0.25, 0.3) is 0 Å². The van der Waals surface area contributed by atoms with E-state index in [1.807, 2.05) is 0 Å². The number of unbranched alkanes of at least 4 members (excludes halogenated alkanes) is 9. The summed E-state index contributed by atoms with van der Waals surface area (Å²) in [6, 6.07) is 0. The van der Waals surface area contributed by atoms with Gasteiger partial charge in [-0.1, -0.05) is 64.7 Å². The molecular weight excluding hydrogens is 288 g/mol. The van der Waals surface area contributed by atoms with Crippen LogP contribution in [-0.4, -0.2) is 28.0 Å². The molecule has 6 nitrogen and oxygen atoms in total. The molecule has 0 bridgehead atoms. The Morgan fingerprint density at radius 3 is 1.78 bits per heavy atom. The summed E-state index contributed by atoms with van der Waals surface area (Å²) in [4.78, 5) is 11.9. The van der Waals surface area contributed by atoms with Crippen molar-refractivity contribution in [2.45, 2.75) is 77.6 Å². The largest absolute Gasteiger partial charge is 0.368 e. The van der Waals surface area contributed by atoms with Gasteiger partial charge in [0, 0.05) is 13.0 Å². The zero-order valence-corrected chi connectivity index (χ0v) is 14.7. The molecule has 1 heterocycles. The van der Waals surface area contributed by atoms with Crippen LogP contribution >= 0.6 is 0 Å². The van der Waals surface area contributed by atoms with E-state index in [2.05, 4.69) is 27.2 Å². The van der Waals surface area contributed by atoms with E-state index in [-0.39, 0.29) is 11.9 Å². The molecule has 0 aromatic carbocycles. The van der Waals surface area contributed by atoms with Gasteiger partial charge in [-0.05, 0) is 13.0 Å². The normalized spacial score (nSPS) is 11.0. The highest BCUT2D eigenvalue weighted by Gasteiger charge is 2.01. The van der Waals surface area contributed by atoms with Crippen molar-refractivity contribution in [3.05, 3.63) is 5.82 Å². The van der Waals surface area contributed by atoms with Gasteiger partial charge in [0.05, 0.1) is 0 Å². The van der Waals surface area contributed by atoms with Crippen molar-refractivity contribution in [1.29, 1.82) is 0 Å². The Morgan fingerprint density at radius 2 is 1.22 bits per heavy atom. The summed E-state index contributed by atoms with van der Waals surface area (Å²) in [5.74, 6) is 1.05. The smallest absolute Gasteiger partial charge is 0.225 e. The molecule has 0 fully saturated rings. The van der Waals surface area contributed by atoms with E-state index >= 15 is 0 Å². The van der Waals surface area contributed by atoms with Gasteiger partial charge in [-0.25, -0.2) is 0 Å². The van der Waals surface area contributed by atoms with Crippen LogP contribution < -0.4 is 16.8 Å². The Morgan fingerprint density at radius 1 is 0.696 bits per heavy atom. The Balaban J connectivity index is 1.86. The molecule has 0 saturated carbocycles. The monoisotopic (exact) mass is 322 g/mol. The highest BCUT2D eigenvalue weighted by molar-refractivity contribution is 5.25. The van der Waals surface area contributed by atoms with Crippen LogP contribution in [0.3, 0.4) is 0 Å². The number of nitrogens with two attached hydrogens (primary N) is 2. The highest BCUT2D eigenvalue weighted by Crippen LogP contribution is 2.10. The molecule has 6 heteroatoms. The third-order valence-electron chi connectivity index (χ3n) is 3.95. The summed E-state index contributed by atoms with van der Waals surface area (Å²) in [6.45, 7) is 4.16. The molecule has 0 amide bonds. The number of rotatable bonds is 14. The van der Waals surface area contributed by atoms with E-state index in [0.29, 0.717) is 5.82 Å². The zero-order chi connectivity index (χ0) is 16.8. The molecule has 0 aliphatic carbocycles. The van der Waals surface area contributed by atoms with Gasteiger partial charge in [0.15, 0.2) is 0 Å². The van der Waals surface area contributed by atoms with Crippen LogP contribution in [0.15, 0.2) is 0 Å². The van der Waals surface area contributed by atoms with E-state index in [1.165, 1.54) is 64.2 Å². The van der Waals surface area contributed by atoms with Crippen molar-refractivity contribution < 1.29 is 0 Å². The van der Waals surface area contributed by atoms with Gasteiger partial charge in [-0.15, -0.1) is 0 Å². The third kappa shape index (κ3) is 10.8. The molecule has 0 aliphatic heterocycles. The molecule has 23 heavy (non-hydrogen) atoms. The van der Waals surface area contributed by atoms with Gasteiger partial charge in [0.1, 0.15) is 5.82 Å². The number of nitrogens with one attached hydrogen (secondary N) is 1. The van der Waals surface area contributed by atoms with Crippen LogP contribution in [0.5, 0.6) is 0 Å². The fourth-order valence-corrected chi connectivity index (χ4v) is 2.63. The number of anilines is 2. The predicted molar refractivity (Wildman–Crippen MR) is 97.1 cm³/mol. The second kappa shape index (κ2) is 13.0. The molecule has 132 valence electrons. The van der Waals surface area contributed by atoms with Crippen molar-refractivity contribution >= 4 is 11.9 Å². The molecule has 5 N–H and O–H groups in total. The van der Waals surface area contributed by atoms with Crippen LogP contribution in [0.4, 0.5) is 11.9 Å². The van der Waals surface area contributed by atoms with E-state index in [1.54, 1.807) is 0 Å². The highest BCUT2D eigenvalue weighted by atomic mass is 15.1. The fourth-order valence-electron chi connectivity index (χ4n) is 2.63. The maximum atomic E-state index is 5.54. The molecule has 0 aliphatic rings. The number of aromatic nitrogens is 3. The predicted octanol–water partition coefficient (Wildman–Crippen LogP) is 3.09. The molecular formula is C17H34N6. The lowest BCUT2D eigenvalue weighted by atomic mass is 10.1. The summed E-state index contributed by atoms with van der Waals surface area (Å²) in [7, 11) is 0. The molecule has 0 spiro atoms. The number of hydrogen-bond acceptors (Lipinski definition) is 6. The maximum absolute atomic E-state index is 5.54. The molecule has 0 atom stereocenters. The van der Waals surface area contributed by atoms with Crippen LogP contribution in [0, 0.1) is 0 Å². The van der Waals surface area contributed by atoms with Crippen molar-refractivity contribution in [2.75, 3.05) is 24.6 Å². The van der Waals surface area contributed by atoms with Gasteiger partial charge in [-0.2, -0.15) is 15.0 Å². The summed E-state index contributed by atoms with van der Waals surface area (Å²) >= 11 is 0. The number of nitrogen functional groups attached to an aromatic ring is 2. The lowest BCUT2D eigenvalue weighted by Gasteiger charge is -2.05. The van der Waals surface area contributed by atoms with Gasteiger partial charge in [0.2, 0.25) is 11.9 Å². The van der Waals surface area contributed by atoms with E-state index in [4.69, 9.17) is 11.5 Å². The average molecular weight is 323 g/mol. The second-order valence-electron chi connectivity index (χ2n) is 6.15. The molecule has 0 saturated heterocycles. The number of hydrogen-bond donors (Lipinski definition) is 3. The average Bonchev–Trinajstić information content (AvgIpc) is 2.51. The lowest BCUT2D eigenvalue weighted by Crippen LogP contribution is -2.20. The first kappa shape index (κ1) is 19.6. The summed E-state index contributed by atoms with van der Waals surface area (Å²) in [5, 5.41) is 3.42. The first-order chi connectivity index (χ1) is 11.2. The van der Waals surface area contributed by atoms with Gasteiger partial charge in [-0.3, -0.25) is 0 Å². The van der Waals surface area contributed by atoms with Crippen molar-refractivity contribution in [3.63, 3.8) is 0 Å². The SMILES string of the molecule is CCCCCCCCCCCCNCCc1nc(N)nc(N)n1. The third-order valence-corrected chi connectivity index (χ3v) is 3.95. The standard InChI is InChI=1S/C17H34N6/c1-2-3-4-5-6-7-8-9-10-11-13-20-14-12-15-21-16(18)23-17(19)22-15/h20H,2-14H2,1H3,(H4,18,19,21,22,23). The number of nitrogens with zero attached hydrogens (tertiary/aromatic N) is 3. The van der Waals surface area contributed by atoms with Gasteiger partial charge in [0.25, 0.3) is 0 Å². The van der Waals surface area contributed by atoms with Crippen molar-refractivity contribution in [2.24, 2.45) is 0 Å². The summed E-state index contributed by atoms with van der Waals surface area (Å²) in [5.41, 5.74) is 11.1. The topological polar surface area (TPSA) is 103 Å². The first-order valence-corrected chi connectivity index (χ1v) is 9.19. The molecule has 0 unspecified atom stereocenters. The zero-order valence-electron chi connectivity index (χ0n) is 14.7. The first-order valence-electron chi connectivity index (χ1n) is 9.19. The van der Waals surface area contributed by atoms with Crippen molar-refractivity contribution in [1.82, 2.24) is 20.3 Å². The van der Waals surface area contributed by atoms with Gasteiger partial charge >= 0.3 is 0 Å². The fraction of sp³-hybridized carbons (Fsp3) is 0.824. The molecule has 1 rings (SSSR count). The Labute approximate surface area is 140 Å². The van der Waals surface area contributed by atoms with Crippen LogP contribution in [-0.2, 0) is 6.42 Å². The molecule has 0 radical (unpaired) electrons. The molecule has 1 aromatic rings. The Kier molecular flexibility index (Phi) is 11.1. The van der Waals surface area contributed by atoms with Crippen LogP contribution in [0.1, 0.15) is 77.0 Å². The van der Waals surface area contributed by atoms with Crippen LogP contribution in [0.2, 0.25) is 0 Å². The van der Waals surface area contributed by atoms with Gasteiger partial charge < -0.3 is 16.8 Å². The van der Waals surface area contributed by atoms with Crippen molar-refractivity contribution in [3.8, 4) is 0 Å². The minimum Gasteiger partial charge on any atom is -0.368 e. The minimum absolute atomic E-state index is 0.196. The minimum atomic E-state index is 0.196. The molecule has 1 aromatic heterocycles. The maximum Gasteiger partial charge on any atom is 0.225 e. The summed E-state index contributed by atoms with van der Waals surface area (Å²) in [6.07, 6.45) is 14.4.